The van der Waals surface area contributed by atoms with E-state index in [2.05, 4.69) is 12.2 Å². The largest absolute Gasteiger partial charge is 0.360 e. The first-order valence-corrected chi connectivity index (χ1v) is 16.9. The van der Waals surface area contributed by atoms with E-state index in [1.807, 2.05) is 28.1 Å². The number of carbonyl (C=O) groups excluding carboxylic acids is 4. The van der Waals surface area contributed by atoms with Crippen LogP contribution in [0.5, 0.6) is 0 Å². The van der Waals surface area contributed by atoms with Gasteiger partial charge in [-0.05, 0) is 6.42 Å². The second-order valence-corrected chi connectivity index (χ2v) is 13.9. The zero-order valence-electron chi connectivity index (χ0n) is 26.1. The van der Waals surface area contributed by atoms with Crippen molar-refractivity contribution in [3.05, 3.63) is 0 Å². The van der Waals surface area contributed by atoms with Crippen LogP contribution in [0.25, 0.3) is 0 Å². The molecule has 0 aromatic carbocycles. The molecule has 3 atom stereocenters. The highest BCUT2D eigenvalue weighted by Crippen LogP contribution is 2.36. The fourth-order valence-electron chi connectivity index (χ4n) is 4.55. The first-order valence-electron chi connectivity index (χ1n) is 15.6. The molecule has 0 fully saturated rings. The first kappa shape index (κ1) is 37.8. The number of quaternary nitrogens is 1. The molecule has 2 N–H and O–H groups in total. The van der Waals surface area contributed by atoms with Crippen molar-refractivity contribution >= 4 is 30.9 Å². The molecule has 0 saturated carbocycles. The van der Waals surface area contributed by atoms with Crippen LogP contribution in [-0.2, 0) is 19.2 Å². The minimum absolute atomic E-state index is 0.0155. The molecule has 0 spiro atoms. The summed E-state index contributed by atoms with van der Waals surface area (Å²) < 4.78 is 0.559. The van der Waals surface area contributed by atoms with Crippen molar-refractivity contribution in [3.8, 4) is 0 Å². The van der Waals surface area contributed by atoms with Gasteiger partial charge in [0.1, 0.15) is 5.78 Å². The summed E-state index contributed by atoms with van der Waals surface area (Å²) in [4.78, 5) is 60.2. The summed E-state index contributed by atoms with van der Waals surface area (Å²) in [5, 5.41) is 2.76. The Balaban J connectivity index is 4.37. The van der Waals surface area contributed by atoms with Gasteiger partial charge in [-0.15, -0.1) is 0 Å². The average molecular weight is 572 g/mol. The Hall–Kier alpha value is -1.17. The molecule has 1 amide bonds. The number of nitrogens with one attached hydrogen (secondary N) is 1. The monoisotopic (exact) mass is 571 g/mol. The Morgan fingerprint density at radius 1 is 0.744 bits per heavy atom. The highest BCUT2D eigenvalue weighted by atomic mass is 31.1. The normalized spacial score (nSPS) is 14.0. The van der Waals surface area contributed by atoms with Crippen molar-refractivity contribution in [2.24, 2.45) is 5.92 Å². The zero-order valence-corrected chi connectivity index (χ0v) is 27.0. The van der Waals surface area contributed by atoms with E-state index in [-0.39, 0.29) is 43.3 Å². The van der Waals surface area contributed by atoms with Crippen LogP contribution in [0.2, 0.25) is 0 Å². The first-order chi connectivity index (χ1) is 18.4. The molecule has 39 heavy (non-hydrogen) atoms. The van der Waals surface area contributed by atoms with Crippen molar-refractivity contribution in [1.82, 2.24) is 5.32 Å². The molecule has 7 nitrogen and oxygen atoms in total. The van der Waals surface area contributed by atoms with Crippen LogP contribution in [0.4, 0.5) is 0 Å². The quantitative estimate of drug-likeness (QED) is 0.0669. The van der Waals surface area contributed by atoms with Crippen LogP contribution >= 0.6 is 8.15 Å². The molecule has 0 aromatic heterocycles. The molecule has 0 bridgehead atoms. The van der Waals surface area contributed by atoms with E-state index < -0.39 is 25.2 Å². The van der Waals surface area contributed by atoms with Gasteiger partial charge in [-0.3, -0.25) is 19.2 Å². The minimum Gasteiger partial charge on any atom is -0.360 e. The molecule has 0 aliphatic carbocycles. The van der Waals surface area contributed by atoms with Crippen molar-refractivity contribution in [1.29, 1.82) is 0 Å². The van der Waals surface area contributed by atoms with Gasteiger partial charge < -0.3 is 14.7 Å². The predicted octanol–water partition coefficient (Wildman–Crippen LogP) is 6.89. The molecule has 0 heterocycles. The van der Waals surface area contributed by atoms with Crippen molar-refractivity contribution < 1.29 is 28.6 Å². The van der Waals surface area contributed by atoms with Crippen molar-refractivity contribution in [2.45, 2.75) is 142 Å². The number of nitrogens with zero attached hydrogens (tertiary/aromatic N) is 1. The van der Waals surface area contributed by atoms with E-state index >= 15 is 0 Å². The fraction of sp³-hybridized carbons (Fsp3) is 0.871. The maximum absolute atomic E-state index is 12.9. The second kappa shape index (κ2) is 22.5. The maximum Gasteiger partial charge on any atom is 0.219 e. The lowest BCUT2D eigenvalue weighted by Gasteiger charge is -2.24. The highest BCUT2D eigenvalue weighted by Gasteiger charge is 2.30. The lowest BCUT2D eigenvalue weighted by atomic mass is 9.93. The Labute approximate surface area is 240 Å². The van der Waals surface area contributed by atoms with Crippen molar-refractivity contribution in [3.63, 3.8) is 0 Å². The van der Waals surface area contributed by atoms with Gasteiger partial charge in [0.15, 0.2) is 19.2 Å². The maximum atomic E-state index is 12.9. The minimum atomic E-state index is -2.43. The smallest absolute Gasteiger partial charge is 0.219 e. The standard InChI is InChI=1S/C31H59N2O5P/c1-7-9-10-11-12-13-14-15-16-17-18-19-20-21-26(3)28(34)24-27(32-29(35)8-2)25-31(37)39(38)30(36)22-23-33(4,5)6/h26-27,38H,7-25H2,1-6H3/p+1. The van der Waals surface area contributed by atoms with Gasteiger partial charge in [-0.1, -0.05) is 104 Å². The van der Waals surface area contributed by atoms with Crippen LogP contribution in [0.3, 0.4) is 0 Å². The number of hydrogen-bond donors (Lipinski definition) is 2. The number of unbranched alkanes of at least 4 members (excludes halogenated alkanes) is 12. The Kier molecular flexibility index (Phi) is 21.8. The summed E-state index contributed by atoms with van der Waals surface area (Å²) in [6.07, 6.45) is 17.7. The Bertz CT molecular complexity index is 708. The van der Waals surface area contributed by atoms with Gasteiger partial charge in [-0.2, -0.15) is 0 Å². The second-order valence-electron chi connectivity index (χ2n) is 12.3. The van der Waals surface area contributed by atoms with E-state index in [9.17, 15) is 24.1 Å². The zero-order chi connectivity index (χ0) is 29.7. The Morgan fingerprint density at radius 3 is 1.69 bits per heavy atom. The topological polar surface area (TPSA) is 101 Å². The predicted molar refractivity (Wildman–Crippen MR) is 163 cm³/mol. The summed E-state index contributed by atoms with van der Waals surface area (Å²) in [6, 6.07) is -0.685. The Morgan fingerprint density at radius 2 is 1.23 bits per heavy atom. The third-order valence-electron chi connectivity index (χ3n) is 7.31. The van der Waals surface area contributed by atoms with Gasteiger partial charge in [0.25, 0.3) is 0 Å². The SMILES string of the molecule is CCCCCCCCCCCCCCCC(C)C(=O)CC(CC(=O)P(O)C(=O)CC[N+](C)(C)C)NC(=O)CC. The van der Waals surface area contributed by atoms with Crippen molar-refractivity contribution in [2.75, 3.05) is 27.7 Å². The molecule has 0 saturated heterocycles. The third-order valence-corrected chi connectivity index (χ3v) is 8.67. The highest BCUT2D eigenvalue weighted by molar-refractivity contribution is 7.84. The van der Waals surface area contributed by atoms with E-state index in [0.717, 1.165) is 19.3 Å². The molecule has 3 unspecified atom stereocenters. The average Bonchev–Trinajstić information content (AvgIpc) is 2.88. The molecular formula is C31H60N2O5P+. The van der Waals surface area contributed by atoms with Gasteiger partial charge in [-0.25, -0.2) is 0 Å². The summed E-state index contributed by atoms with van der Waals surface area (Å²) in [7, 11) is 3.39. The van der Waals surface area contributed by atoms with E-state index in [4.69, 9.17) is 0 Å². The van der Waals surface area contributed by atoms with E-state index in [0.29, 0.717) is 11.0 Å². The fourth-order valence-corrected chi connectivity index (χ4v) is 5.53. The molecule has 0 aromatic rings. The molecule has 228 valence electrons. The number of amides is 1. The summed E-state index contributed by atoms with van der Waals surface area (Å²) in [6.45, 7) is 6.40. The third kappa shape index (κ3) is 21.3. The van der Waals surface area contributed by atoms with Gasteiger partial charge in [0, 0.05) is 31.2 Å². The molecule has 0 radical (unpaired) electrons. The van der Waals surface area contributed by atoms with Crippen LogP contribution < -0.4 is 5.32 Å². The number of hydrogen-bond acceptors (Lipinski definition) is 5. The van der Waals surface area contributed by atoms with Gasteiger partial charge in [0.05, 0.1) is 34.1 Å². The van der Waals surface area contributed by atoms with Crippen LogP contribution in [0.1, 0.15) is 136 Å². The molecule has 0 aliphatic rings. The lowest BCUT2D eigenvalue weighted by Crippen LogP contribution is -2.39. The molecule has 0 rings (SSSR count). The lowest BCUT2D eigenvalue weighted by molar-refractivity contribution is -0.869. The summed E-state index contributed by atoms with van der Waals surface area (Å²) in [5.74, 6) is -0.374. The molecular weight excluding hydrogens is 511 g/mol. The van der Waals surface area contributed by atoms with Gasteiger partial charge >= 0.3 is 0 Å². The van der Waals surface area contributed by atoms with Crippen LogP contribution in [0.15, 0.2) is 0 Å². The number of rotatable bonds is 26. The molecule has 8 heteroatoms. The van der Waals surface area contributed by atoms with Crippen LogP contribution in [-0.4, -0.2) is 65.8 Å². The molecule has 0 aliphatic heterocycles. The van der Waals surface area contributed by atoms with E-state index in [1.54, 1.807) is 6.92 Å². The number of carbonyl (C=O) groups is 4. The number of ketones is 1. The van der Waals surface area contributed by atoms with Gasteiger partial charge in [0.2, 0.25) is 5.91 Å². The van der Waals surface area contributed by atoms with Crippen LogP contribution in [0, 0.1) is 5.92 Å². The number of Topliss-reactive ketones (excluding diaryl/α,β-unsaturated/α-hetero) is 1. The van der Waals surface area contributed by atoms with E-state index in [1.165, 1.54) is 70.6 Å². The summed E-state index contributed by atoms with van der Waals surface area (Å²) >= 11 is 0. The summed E-state index contributed by atoms with van der Waals surface area (Å²) in [5.41, 5.74) is -1.03.